The van der Waals surface area contributed by atoms with E-state index in [9.17, 15) is 9.59 Å². The molecule has 0 fully saturated rings. The van der Waals surface area contributed by atoms with Gasteiger partial charge in [-0.25, -0.2) is 0 Å². The summed E-state index contributed by atoms with van der Waals surface area (Å²) in [5.74, 6) is 0.0539. The van der Waals surface area contributed by atoms with Crippen LogP contribution in [-0.4, -0.2) is 30.5 Å². The predicted molar refractivity (Wildman–Crippen MR) is 112 cm³/mol. The lowest BCUT2D eigenvalue weighted by atomic mass is 10.0. The van der Waals surface area contributed by atoms with Crippen LogP contribution in [0.3, 0.4) is 0 Å². The summed E-state index contributed by atoms with van der Waals surface area (Å²) in [5, 5.41) is 2.81. The Labute approximate surface area is 169 Å². The van der Waals surface area contributed by atoms with Crippen molar-refractivity contribution in [2.24, 2.45) is 0 Å². The summed E-state index contributed by atoms with van der Waals surface area (Å²) in [7, 11) is 1.54. The standard InChI is InChI=1S/C23H21N3O3/c1-29-21-11-5-3-9-19(21)25-22(27)17-13-18(15-24-14-17)23(28)26-12-6-8-16-7-2-4-10-20(16)26/h2-5,7,9-11,13-15H,6,8,12H2,1H3,(H,25,27). The van der Waals surface area contributed by atoms with Gasteiger partial charge in [0.1, 0.15) is 5.75 Å². The van der Waals surface area contributed by atoms with Crippen LogP contribution >= 0.6 is 0 Å². The third-order valence-electron chi connectivity index (χ3n) is 4.96. The van der Waals surface area contributed by atoms with Crippen molar-refractivity contribution in [2.45, 2.75) is 12.8 Å². The van der Waals surface area contributed by atoms with Crippen LogP contribution in [0.5, 0.6) is 5.75 Å². The zero-order valence-corrected chi connectivity index (χ0v) is 16.1. The van der Waals surface area contributed by atoms with E-state index in [1.165, 1.54) is 12.4 Å². The SMILES string of the molecule is COc1ccccc1NC(=O)c1cncc(C(=O)N2CCCc3ccccc32)c1. The first-order valence-electron chi connectivity index (χ1n) is 9.46. The highest BCUT2D eigenvalue weighted by molar-refractivity contribution is 6.10. The molecule has 2 aromatic carbocycles. The zero-order valence-electron chi connectivity index (χ0n) is 16.1. The number of hydrogen-bond donors (Lipinski definition) is 1. The number of hydrogen-bond acceptors (Lipinski definition) is 4. The summed E-state index contributed by atoms with van der Waals surface area (Å²) in [6.07, 6.45) is 4.81. The third-order valence-corrected chi connectivity index (χ3v) is 4.96. The number of ether oxygens (including phenoxy) is 1. The maximum absolute atomic E-state index is 13.1. The number of para-hydroxylation sites is 3. The van der Waals surface area contributed by atoms with Crippen molar-refractivity contribution in [2.75, 3.05) is 23.9 Å². The summed E-state index contributed by atoms with van der Waals surface area (Å²) in [4.78, 5) is 31.7. The summed E-state index contributed by atoms with van der Waals surface area (Å²) in [5.41, 5.74) is 3.33. The number of benzene rings is 2. The van der Waals surface area contributed by atoms with Gasteiger partial charge in [0, 0.05) is 24.6 Å². The molecule has 1 N–H and O–H groups in total. The number of amides is 2. The van der Waals surface area contributed by atoms with Crippen molar-refractivity contribution in [1.82, 2.24) is 4.98 Å². The van der Waals surface area contributed by atoms with Gasteiger partial charge < -0.3 is 15.0 Å². The Hall–Kier alpha value is -3.67. The van der Waals surface area contributed by atoms with E-state index in [-0.39, 0.29) is 11.8 Å². The number of carbonyl (C=O) groups excluding carboxylic acids is 2. The highest BCUT2D eigenvalue weighted by atomic mass is 16.5. The molecule has 2 heterocycles. The van der Waals surface area contributed by atoms with Gasteiger partial charge in [-0.1, -0.05) is 30.3 Å². The van der Waals surface area contributed by atoms with E-state index in [1.54, 1.807) is 30.2 Å². The van der Waals surface area contributed by atoms with Crippen LogP contribution in [0.2, 0.25) is 0 Å². The van der Waals surface area contributed by atoms with Crippen LogP contribution in [-0.2, 0) is 6.42 Å². The fraction of sp³-hybridized carbons (Fsp3) is 0.174. The molecule has 0 saturated carbocycles. The van der Waals surface area contributed by atoms with E-state index in [2.05, 4.69) is 10.3 Å². The summed E-state index contributed by atoms with van der Waals surface area (Å²) < 4.78 is 5.27. The Balaban J connectivity index is 1.58. The van der Waals surface area contributed by atoms with Crippen molar-refractivity contribution in [3.05, 3.63) is 83.7 Å². The van der Waals surface area contributed by atoms with Gasteiger partial charge in [-0.3, -0.25) is 14.6 Å². The number of carbonyl (C=O) groups is 2. The van der Waals surface area contributed by atoms with Crippen LogP contribution < -0.4 is 15.0 Å². The van der Waals surface area contributed by atoms with Gasteiger partial charge in [0.25, 0.3) is 11.8 Å². The molecule has 1 aliphatic heterocycles. The molecule has 146 valence electrons. The van der Waals surface area contributed by atoms with Crippen LogP contribution in [0, 0.1) is 0 Å². The lowest BCUT2D eigenvalue weighted by Crippen LogP contribution is -2.35. The summed E-state index contributed by atoms with van der Waals surface area (Å²) >= 11 is 0. The summed E-state index contributed by atoms with van der Waals surface area (Å²) in [6, 6.07) is 16.7. The molecule has 2 amide bonds. The van der Waals surface area contributed by atoms with Crippen LogP contribution in [0.15, 0.2) is 67.0 Å². The number of aromatic nitrogens is 1. The third kappa shape index (κ3) is 3.82. The first kappa shape index (κ1) is 18.7. The second-order valence-corrected chi connectivity index (χ2v) is 6.81. The number of aryl methyl sites for hydroxylation is 1. The van der Waals surface area contributed by atoms with E-state index in [0.717, 1.165) is 24.1 Å². The maximum atomic E-state index is 13.1. The number of pyridine rings is 1. The number of anilines is 2. The minimum absolute atomic E-state index is 0.156. The Morgan fingerprint density at radius 3 is 2.66 bits per heavy atom. The Kier molecular flexibility index (Phi) is 5.24. The zero-order chi connectivity index (χ0) is 20.2. The van der Waals surface area contributed by atoms with E-state index in [4.69, 9.17) is 4.74 Å². The first-order chi connectivity index (χ1) is 14.2. The molecule has 6 nitrogen and oxygen atoms in total. The number of methoxy groups -OCH3 is 1. The number of rotatable bonds is 4. The molecule has 0 spiro atoms. The second-order valence-electron chi connectivity index (χ2n) is 6.81. The van der Waals surface area contributed by atoms with Crippen molar-refractivity contribution < 1.29 is 14.3 Å². The molecular formula is C23H21N3O3. The normalized spacial score (nSPS) is 12.8. The van der Waals surface area contributed by atoms with Gasteiger partial charge >= 0.3 is 0 Å². The first-order valence-corrected chi connectivity index (χ1v) is 9.46. The van der Waals surface area contributed by atoms with Gasteiger partial charge in [-0.2, -0.15) is 0 Å². The topological polar surface area (TPSA) is 71.5 Å². The molecule has 3 aromatic rings. The van der Waals surface area contributed by atoms with E-state index < -0.39 is 0 Å². The molecular weight excluding hydrogens is 366 g/mol. The minimum atomic E-state index is -0.351. The molecule has 0 aliphatic carbocycles. The van der Waals surface area contributed by atoms with E-state index >= 15 is 0 Å². The van der Waals surface area contributed by atoms with Gasteiger partial charge in [-0.05, 0) is 42.7 Å². The minimum Gasteiger partial charge on any atom is -0.495 e. The average molecular weight is 387 g/mol. The smallest absolute Gasteiger partial charge is 0.259 e. The molecule has 4 rings (SSSR count). The Bertz CT molecular complexity index is 1060. The molecule has 0 saturated heterocycles. The monoisotopic (exact) mass is 387 g/mol. The van der Waals surface area contributed by atoms with Crippen molar-refractivity contribution in [1.29, 1.82) is 0 Å². The van der Waals surface area contributed by atoms with E-state index in [0.29, 0.717) is 29.1 Å². The van der Waals surface area contributed by atoms with Gasteiger partial charge in [0.2, 0.25) is 0 Å². The summed E-state index contributed by atoms with van der Waals surface area (Å²) in [6.45, 7) is 0.646. The molecule has 1 aromatic heterocycles. The largest absolute Gasteiger partial charge is 0.495 e. The van der Waals surface area contributed by atoms with Gasteiger partial charge in [0.05, 0.1) is 23.9 Å². The van der Waals surface area contributed by atoms with Crippen LogP contribution in [0.4, 0.5) is 11.4 Å². The Morgan fingerprint density at radius 1 is 1.03 bits per heavy atom. The van der Waals surface area contributed by atoms with E-state index in [1.807, 2.05) is 36.4 Å². The molecule has 0 bridgehead atoms. The maximum Gasteiger partial charge on any atom is 0.259 e. The molecule has 6 heteroatoms. The highest BCUT2D eigenvalue weighted by Crippen LogP contribution is 2.28. The second kappa shape index (κ2) is 8.14. The quantitative estimate of drug-likeness (QED) is 0.736. The molecule has 1 aliphatic rings. The van der Waals surface area contributed by atoms with Crippen molar-refractivity contribution in [3.63, 3.8) is 0 Å². The van der Waals surface area contributed by atoms with Crippen molar-refractivity contribution >= 4 is 23.2 Å². The molecule has 0 radical (unpaired) electrons. The van der Waals surface area contributed by atoms with Gasteiger partial charge in [-0.15, -0.1) is 0 Å². The lowest BCUT2D eigenvalue weighted by Gasteiger charge is -2.29. The molecule has 0 unspecified atom stereocenters. The van der Waals surface area contributed by atoms with Crippen molar-refractivity contribution in [3.8, 4) is 5.75 Å². The number of fused-ring (bicyclic) bond motifs is 1. The molecule has 29 heavy (non-hydrogen) atoms. The average Bonchev–Trinajstić information content (AvgIpc) is 2.78. The Morgan fingerprint density at radius 2 is 1.79 bits per heavy atom. The predicted octanol–water partition coefficient (Wildman–Crippen LogP) is 3.94. The lowest BCUT2D eigenvalue weighted by molar-refractivity contribution is 0.0984. The fourth-order valence-corrected chi connectivity index (χ4v) is 3.52. The molecule has 0 atom stereocenters. The van der Waals surface area contributed by atoms with Gasteiger partial charge in [0.15, 0.2) is 0 Å². The number of nitrogens with one attached hydrogen (secondary N) is 1. The van der Waals surface area contributed by atoms with Crippen LogP contribution in [0.1, 0.15) is 32.7 Å². The fourth-order valence-electron chi connectivity index (χ4n) is 3.52. The highest BCUT2D eigenvalue weighted by Gasteiger charge is 2.24. The van der Waals surface area contributed by atoms with Crippen LogP contribution in [0.25, 0.3) is 0 Å². The number of nitrogens with zero attached hydrogens (tertiary/aromatic N) is 2.